The second-order valence-electron chi connectivity index (χ2n) is 7.24. The minimum Gasteiger partial charge on any atom is -0.345 e. The molecule has 0 spiro atoms. The first-order valence-corrected chi connectivity index (χ1v) is 9.32. The van der Waals surface area contributed by atoms with Crippen molar-refractivity contribution in [2.75, 3.05) is 6.54 Å². The van der Waals surface area contributed by atoms with E-state index in [2.05, 4.69) is 20.6 Å². The maximum absolute atomic E-state index is 12.9. The number of fused-ring (bicyclic) bond motifs is 1. The molecule has 1 aliphatic heterocycles. The molecule has 29 heavy (non-hydrogen) atoms. The van der Waals surface area contributed by atoms with E-state index in [0.29, 0.717) is 11.4 Å². The first-order valence-electron chi connectivity index (χ1n) is 9.32. The number of para-hydroxylation sites is 2. The van der Waals surface area contributed by atoms with Crippen LogP contribution in [0.5, 0.6) is 0 Å². The van der Waals surface area contributed by atoms with Crippen molar-refractivity contribution < 1.29 is 14.4 Å². The van der Waals surface area contributed by atoms with Crippen LogP contribution in [0.15, 0.2) is 54.6 Å². The number of H-pyrrole nitrogens is 1. The Balaban J connectivity index is 1.45. The fourth-order valence-electron chi connectivity index (χ4n) is 3.48. The number of rotatable bonds is 5. The molecule has 2 unspecified atom stereocenters. The number of imide groups is 1. The zero-order valence-electron chi connectivity index (χ0n) is 16.1. The predicted molar refractivity (Wildman–Crippen MR) is 107 cm³/mol. The molecule has 8 nitrogen and oxygen atoms in total. The summed E-state index contributed by atoms with van der Waals surface area (Å²) >= 11 is 0. The molecule has 2 heterocycles. The molecule has 0 bridgehead atoms. The third-order valence-corrected chi connectivity index (χ3v) is 5.12. The number of benzene rings is 2. The van der Waals surface area contributed by atoms with E-state index in [1.54, 1.807) is 38.1 Å². The summed E-state index contributed by atoms with van der Waals surface area (Å²) < 4.78 is 0. The van der Waals surface area contributed by atoms with Gasteiger partial charge in [0.2, 0.25) is 5.91 Å². The highest BCUT2D eigenvalue weighted by atomic mass is 16.2. The van der Waals surface area contributed by atoms with Gasteiger partial charge >= 0.3 is 6.03 Å². The van der Waals surface area contributed by atoms with Crippen LogP contribution in [-0.2, 0) is 15.1 Å². The van der Waals surface area contributed by atoms with Gasteiger partial charge in [0, 0.05) is 0 Å². The van der Waals surface area contributed by atoms with Gasteiger partial charge < -0.3 is 15.6 Å². The van der Waals surface area contributed by atoms with Crippen molar-refractivity contribution in [3.8, 4) is 0 Å². The summed E-state index contributed by atoms with van der Waals surface area (Å²) in [4.78, 5) is 46.3. The molecule has 0 aliphatic carbocycles. The first kappa shape index (κ1) is 18.7. The van der Waals surface area contributed by atoms with E-state index in [1.165, 1.54) is 0 Å². The van der Waals surface area contributed by atoms with Crippen molar-refractivity contribution in [3.63, 3.8) is 0 Å². The summed E-state index contributed by atoms with van der Waals surface area (Å²) in [5.41, 5.74) is 1.15. The molecule has 4 rings (SSSR count). The number of aromatic amines is 1. The molecule has 3 N–H and O–H groups in total. The van der Waals surface area contributed by atoms with Crippen molar-refractivity contribution in [1.82, 2.24) is 25.5 Å². The van der Waals surface area contributed by atoms with Gasteiger partial charge in [-0.25, -0.2) is 9.78 Å². The Bertz CT molecular complexity index is 1060. The summed E-state index contributed by atoms with van der Waals surface area (Å²) in [5.74, 6) is -0.301. The lowest BCUT2D eigenvalue weighted by atomic mass is 9.92. The van der Waals surface area contributed by atoms with Crippen molar-refractivity contribution in [3.05, 3.63) is 66.0 Å². The van der Waals surface area contributed by atoms with Crippen LogP contribution in [0.3, 0.4) is 0 Å². The number of aromatic nitrogens is 2. The van der Waals surface area contributed by atoms with Gasteiger partial charge in [0.25, 0.3) is 5.91 Å². The number of urea groups is 1. The smallest absolute Gasteiger partial charge is 0.325 e. The van der Waals surface area contributed by atoms with Crippen LogP contribution in [0.2, 0.25) is 0 Å². The molecule has 1 aromatic heterocycles. The molecule has 1 fully saturated rings. The van der Waals surface area contributed by atoms with Crippen LogP contribution in [0.25, 0.3) is 11.0 Å². The first-order chi connectivity index (χ1) is 13.9. The third kappa shape index (κ3) is 3.33. The lowest BCUT2D eigenvalue weighted by Gasteiger charge is -2.22. The maximum Gasteiger partial charge on any atom is 0.325 e. The molecular formula is C21H21N5O3. The molecule has 148 valence electrons. The quantitative estimate of drug-likeness (QED) is 0.580. The molecule has 4 amide bonds. The molecule has 0 radical (unpaired) electrons. The highest BCUT2D eigenvalue weighted by Crippen LogP contribution is 2.28. The Hall–Kier alpha value is -3.68. The normalized spacial score (nSPS) is 20.0. The van der Waals surface area contributed by atoms with E-state index >= 15 is 0 Å². The van der Waals surface area contributed by atoms with Crippen molar-refractivity contribution in [2.24, 2.45) is 0 Å². The highest BCUT2D eigenvalue weighted by molar-refractivity contribution is 6.09. The zero-order chi connectivity index (χ0) is 20.6. The molecule has 1 saturated heterocycles. The standard InChI is InChI=1S/C21H21N5O3/c1-13(18-23-15-10-6-7-11-16(15)24-18)22-17(27)12-26-19(28)21(2,25-20(26)29)14-8-4-3-5-9-14/h3-11,13H,12H2,1-2H3,(H,22,27)(H,23,24)(H,25,29). The molecule has 8 heteroatoms. The average Bonchev–Trinajstić information content (AvgIpc) is 3.24. The van der Waals surface area contributed by atoms with E-state index in [1.807, 2.05) is 30.3 Å². The number of hydrogen-bond donors (Lipinski definition) is 3. The van der Waals surface area contributed by atoms with Crippen LogP contribution in [0.4, 0.5) is 4.79 Å². The number of carbonyl (C=O) groups is 3. The SMILES string of the molecule is CC(NC(=O)CN1C(=O)NC(C)(c2ccccc2)C1=O)c1nc2ccccc2[nH]1. The van der Waals surface area contributed by atoms with Gasteiger partial charge in [0.15, 0.2) is 0 Å². The number of hydrogen-bond acceptors (Lipinski definition) is 4. The minimum atomic E-state index is -1.19. The summed E-state index contributed by atoms with van der Waals surface area (Å²) in [7, 11) is 0. The summed E-state index contributed by atoms with van der Waals surface area (Å²) in [6, 6.07) is 15.5. The van der Waals surface area contributed by atoms with Crippen LogP contribution in [0.1, 0.15) is 31.3 Å². The van der Waals surface area contributed by atoms with E-state index in [0.717, 1.165) is 15.9 Å². The molecule has 2 atom stereocenters. The Labute approximate surface area is 167 Å². The highest BCUT2D eigenvalue weighted by Gasteiger charge is 2.49. The Morgan fingerprint density at radius 1 is 1.14 bits per heavy atom. The van der Waals surface area contributed by atoms with Gasteiger partial charge in [0.1, 0.15) is 17.9 Å². The summed E-state index contributed by atoms with van der Waals surface area (Å²) in [6.45, 7) is 3.06. The second-order valence-corrected chi connectivity index (χ2v) is 7.24. The van der Waals surface area contributed by atoms with Gasteiger partial charge in [-0.1, -0.05) is 42.5 Å². The van der Waals surface area contributed by atoms with Crippen LogP contribution in [-0.4, -0.2) is 39.3 Å². The Kier molecular flexibility index (Phi) is 4.54. The lowest BCUT2D eigenvalue weighted by Crippen LogP contribution is -2.43. The maximum atomic E-state index is 12.9. The Morgan fingerprint density at radius 3 is 2.55 bits per heavy atom. The molecule has 3 aromatic rings. The summed E-state index contributed by atoms with van der Waals surface area (Å²) in [5, 5.41) is 5.48. The number of carbonyl (C=O) groups excluding carboxylic acids is 3. The van der Waals surface area contributed by atoms with E-state index in [9.17, 15) is 14.4 Å². The third-order valence-electron chi connectivity index (χ3n) is 5.12. The predicted octanol–water partition coefficient (Wildman–Crippen LogP) is 2.21. The average molecular weight is 391 g/mol. The van der Waals surface area contributed by atoms with Crippen molar-refractivity contribution in [1.29, 1.82) is 0 Å². The van der Waals surface area contributed by atoms with E-state index in [4.69, 9.17) is 0 Å². The number of nitrogens with zero attached hydrogens (tertiary/aromatic N) is 2. The van der Waals surface area contributed by atoms with E-state index < -0.39 is 29.4 Å². The van der Waals surface area contributed by atoms with E-state index in [-0.39, 0.29) is 6.54 Å². The topological polar surface area (TPSA) is 107 Å². The van der Waals surface area contributed by atoms with Gasteiger partial charge in [-0.2, -0.15) is 0 Å². The van der Waals surface area contributed by atoms with Crippen LogP contribution < -0.4 is 10.6 Å². The molecule has 0 saturated carbocycles. The van der Waals surface area contributed by atoms with Crippen molar-refractivity contribution in [2.45, 2.75) is 25.4 Å². The monoisotopic (exact) mass is 391 g/mol. The zero-order valence-corrected chi connectivity index (χ0v) is 16.1. The van der Waals surface area contributed by atoms with Gasteiger partial charge in [0.05, 0.1) is 17.1 Å². The number of imidazole rings is 1. The minimum absolute atomic E-state index is 0.363. The molecule has 2 aromatic carbocycles. The fraction of sp³-hybridized carbons (Fsp3) is 0.238. The van der Waals surface area contributed by atoms with Gasteiger partial charge in [-0.15, -0.1) is 0 Å². The lowest BCUT2D eigenvalue weighted by molar-refractivity contribution is -0.135. The van der Waals surface area contributed by atoms with Gasteiger partial charge in [-0.3, -0.25) is 14.5 Å². The summed E-state index contributed by atoms with van der Waals surface area (Å²) in [6.07, 6.45) is 0. The van der Waals surface area contributed by atoms with Gasteiger partial charge in [-0.05, 0) is 31.5 Å². The Morgan fingerprint density at radius 2 is 1.83 bits per heavy atom. The van der Waals surface area contributed by atoms with Crippen LogP contribution >= 0.6 is 0 Å². The molecule has 1 aliphatic rings. The molecular weight excluding hydrogens is 370 g/mol. The largest absolute Gasteiger partial charge is 0.345 e. The number of amides is 4. The second kappa shape index (κ2) is 7.05. The van der Waals surface area contributed by atoms with Crippen molar-refractivity contribution >= 4 is 28.9 Å². The van der Waals surface area contributed by atoms with Crippen LogP contribution in [0, 0.1) is 0 Å². The fourth-order valence-corrected chi connectivity index (χ4v) is 3.48. The number of nitrogens with one attached hydrogen (secondary N) is 3.